The third-order valence-corrected chi connectivity index (χ3v) is 5.39. The van der Waals surface area contributed by atoms with Crippen molar-refractivity contribution in [2.45, 2.75) is 104 Å². The normalized spacial score (nSPS) is 10.7. The Hall–Kier alpha value is -2.44. The molecule has 0 radical (unpaired) electrons. The van der Waals surface area contributed by atoms with E-state index in [-0.39, 0.29) is 31.1 Å². The Balaban J connectivity index is 2.02. The van der Waals surface area contributed by atoms with Crippen LogP contribution in [0.4, 0.5) is 5.69 Å². The van der Waals surface area contributed by atoms with E-state index in [0.717, 1.165) is 12.8 Å². The summed E-state index contributed by atoms with van der Waals surface area (Å²) in [5.74, 6) is -0.724. The largest absolute Gasteiger partial charge is 0.466 e. The molecule has 7 heteroatoms. The second-order valence-electron chi connectivity index (χ2n) is 8.29. The number of nitro groups is 1. The summed E-state index contributed by atoms with van der Waals surface area (Å²) < 4.78 is 10.4. The molecule has 0 atom stereocenters. The fourth-order valence-corrected chi connectivity index (χ4v) is 3.40. The lowest BCUT2D eigenvalue weighted by molar-refractivity contribution is -0.385. The van der Waals surface area contributed by atoms with Gasteiger partial charge in [-0.25, -0.2) is 0 Å². The van der Waals surface area contributed by atoms with Gasteiger partial charge in [-0.15, -0.1) is 0 Å². The minimum absolute atomic E-state index is 0.00343. The van der Waals surface area contributed by atoms with Crippen molar-refractivity contribution in [3.63, 3.8) is 0 Å². The number of aryl methyl sites for hydroxylation is 1. The molecule has 0 fully saturated rings. The van der Waals surface area contributed by atoms with Crippen LogP contribution in [0.1, 0.15) is 102 Å². The predicted octanol–water partition coefficient (Wildman–Crippen LogP) is 6.58. The van der Waals surface area contributed by atoms with Crippen molar-refractivity contribution in [2.24, 2.45) is 0 Å². The first-order valence-corrected chi connectivity index (χ1v) is 12.0. The summed E-state index contributed by atoms with van der Waals surface area (Å²) in [6.07, 6.45) is 13.0. The van der Waals surface area contributed by atoms with Crippen LogP contribution in [0.5, 0.6) is 0 Å². The Morgan fingerprint density at radius 2 is 1.41 bits per heavy atom. The van der Waals surface area contributed by atoms with Crippen LogP contribution in [0, 0.1) is 17.0 Å². The summed E-state index contributed by atoms with van der Waals surface area (Å²) in [5.41, 5.74) is 1.12. The first-order valence-electron chi connectivity index (χ1n) is 12.0. The molecule has 0 saturated carbocycles. The van der Waals surface area contributed by atoms with E-state index in [2.05, 4.69) is 6.92 Å². The molecule has 0 saturated heterocycles. The second-order valence-corrected chi connectivity index (χ2v) is 8.29. The van der Waals surface area contributed by atoms with Crippen molar-refractivity contribution in [2.75, 3.05) is 6.61 Å². The van der Waals surface area contributed by atoms with Gasteiger partial charge in [0.05, 0.1) is 11.5 Å². The van der Waals surface area contributed by atoms with E-state index in [1.165, 1.54) is 57.4 Å². The predicted molar refractivity (Wildman–Crippen MR) is 124 cm³/mol. The number of rotatable bonds is 18. The number of nitrogens with zero attached hydrogens (tertiary/aromatic N) is 1. The van der Waals surface area contributed by atoms with E-state index < -0.39 is 10.9 Å². The van der Waals surface area contributed by atoms with Gasteiger partial charge in [0.2, 0.25) is 0 Å². The number of unbranched alkanes of at least 4 members (excludes halogenated alkanes) is 9. The summed E-state index contributed by atoms with van der Waals surface area (Å²) in [5, 5.41) is 11.0. The maximum atomic E-state index is 11.8. The van der Waals surface area contributed by atoms with Crippen molar-refractivity contribution in [1.82, 2.24) is 0 Å². The van der Waals surface area contributed by atoms with Gasteiger partial charge in [-0.3, -0.25) is 19.7 Å². The molecular formula is C25H39NO6. The van der Waals surface area contributed by atoms with E-state index in [4.69, 9.17) is 9.47 Å². The number of ether oxygens (including phenoxy) is 2. The first kappa shape index (κ1) is 27.6. The number of benzene rings is 1. The number of hydrogen-bond donors (Lipinski definition) is 0. The molecule has 32 heavy (non-hydrogen) atoms. The SMILES string of the molecule is CCCCCCCCCCCCOC(=O)CCCC(=O)OCc1ccc(C)c([N+](=O)[O-])c1. The lowest BCUT2D eigenvalue weighted by atomic mass is 10.1. The average molecular weight is 450 g/mol. The minimum atomic E-state index is -0.456. The van der Waals surface area contributed by atoms with E-state index >= 15 is 0 Å². The maximum absolute atomic E-state index is 11.8. The molecule has 0 aliphatic heterocycles. The Labute approximate surface area is 192 Å². The molecule has 0 amide bonds. The zero-order valence-electron chi connectivity index (χ0n) is 19.7. The van der Waals surface area contributed by atoms with Crippen molar-refractivity contribution in [1.29, 1.82) is 0 Å². The Bertz CT molecular complexity index is 704. The third kappa shape index (κ3) is 13.1. The van der Waals surface area contributed by atoms with Crippen molar-refractivity contribution in [3.05, 3.63) is 39.4 Å². The molecule has 180 valence electrons. The van der Waals surface area contributed by atoms with Gasteiger partial charge in [-0.1, -0.05) is 76.8 Å². The van der Waals surface area contributed by atoms with E-state index in [1.54, 1.807) is 19.1 Å². The molecule has 0 aliphatic carbocycles. The number of nitro benzene ring substituents is 1. The average Bonchev–Trinajstić information content (AvgIpc) is 2.76. The van der Waals surface area contributed by atoms with Gasteiger partial charge < -0.3 is 9.47 Å². The molecule has 0 unspecified atom stereocenters. The van der Waals surface area contributed by atoms with Crippen molar-refractivity contribution >= 4 is 17.6 Å². The second kappa shape index (κ2) is 17.2. The maximum Gasteiger partial charge on any atom is 0.306 e. The van der Waals surface area contributed by atoms with Crippen LogP contribution in [0.25, 0.3) is 0 Å². The first-order chi connectivity index (χ1) is 15.4. The zero-order valence-corrected chi connectivity index (χ0v) is 19.7. The van der Waals surface area contributed by atoms with Crippen LogP contribution in [0.15, 0.2) is 18.2 Å². The van der Waals surface area contributed by atoms with Gasteiger partial charge in [-0.05, 0) is 25.3 Å². The molecule has 0 aromatic heterocycles. The van der Waals surface area contributed by atoms with Gasteiger partial charge in [0, 0.05) is 24.5 Å². The molecule has 0 aliphatic rings. The topological polar surface area (TPSA) is 95.7 Å². The number of carbonyl (C=O) groups is 2. The van der Waals surface area contributed by atoms with Gasteiger partial charge in [0.1, 0.15) is 6.61 Å². The fraction of sp³-hybridized carbons (Fsp3) is 0.680. The third-order valence-electron chi connectivity index (χ3n) is 5.39. The van der Waals surface area contributed by atoms with Crippen molar-refractivity contribution in [3.8, 4) is 0 Å². The lowest BCUT2D eigenvalue weighted by Gasteiger charge is -2.07. The molecular weight excluding hydrogens is 410 g/mol. The quantitative estimate of drug-likeness (QED) is 0.109. The van der Waals surface area contributed by atoms with Gasteiger partial charge in [-0.2, -0.15) is 0 Å². The zero-order chi connectivity index (χ0) is 23.6. The minimum Gasteiger partial charge on any atom is -0.466 e. The van der Waals surface area contributed by atoms with Crippen LogP contribution >= 0.6 is 0 Å². The monoisotopic (exact) mass is 449 g/mol. The van der Waals surface area contributed by atoms with Crippen LogP contribution in [0.2, 0.25) is 0 Å². The van der Waals surface area contributed by atoms with E-state index in [1.807, 2.05) is 0 Å². The molecule has 1 aromatic carbocycles. The highest BCUT2D eigenvalue weighted by atomic mass is 16.6. The smallest absolute Gasteiger partial charge is 0.306 e. The summed E-state index contributed by atoms with van der Waals surface area (Å²) in [6.45, 7) is 4.30. The number of esters is 2. The standard InChI is InChI=1S/C25H39NO6/c1-3-4-5-6-7-8-9-10-11-12-18-31-24(27)14-13-15-25(28)32-20-22-17-16-21(2)23(19-22)26(29)30/h16-17,19H,3-15,18,20H2,1-2H3. The highest BCUT2D eigenvalue weighted by Crippen LogP contribution is 2.20. The molecule has 7 nitrogen and oxygen atoms in total. The highest BCUT2D eigenvalue weighted by Gasteiger charge is 2.12. The molecule has 0 N–H and O–H groups in total. The molecule has 1 aromatic rings. The lowest BCUT2D eigenvalue weighted by Crippen LogP contribution is -2.09. The van der Waals surface area contributed by atoms with Crippen molar-refractivity contribution < 1.29 is 24.0 Å². The molecule has 0 heterocycles. The fourth-order valence-electron chi connectivity index (χ4n) is 3.40. The van der Waals surface area contributed by atoms with Gasteiger partial charge in [0.25, 0.3) is 5.69 Å². The number of hydrogen-bond acceptors (Lipinski definition) is 6. The molecule has 0 bridgehead atoms. The van der Waals surface area contributed by atoms with Gasteiger partial charge in [0.15, 0.2) is 0 Å². The number of carbonyl (C=O) groups excluding carboxylic acids is 2. The highest BCUT2D eigenvalue weighted by molar-refractivity contribution is 5.72. The Morgan fingerprint density at radius 1 is 0.844 bits per heavy atom. The van der Waals surface area contributed by atoms with Crippen LogP contribution in [-0.2, 0) is 25.7 Å². The Kier molecular flexibility index (Phi) is 14.8. The summed E-state index contributed by atoms with van der Waals surface area (Å²) in [7, 11) is 0. The van der Waals surface area contributed by atoms with E-state index in [9.17, 15) is 19.7 Å². The van der Waals surface area contributed by atoms with E-state index in [0.29, 0.717) is 24.2 Å². The summed E-state index contributed by atoms with van der Waals surface area (Å²) in [6, 6.07) is 4.74. The molecule has 1 rings (SSSR count). The van der Waals surface area contributed by atoms with Crippen LogP contribution < -0.4 is 0 Å². The molecule has 0 spiro atoms. The summed E-state index contributed by atoms with van der Waals surface area (Å²) in [4.78, 5) is 34.1. The van der Waals surface area contributed by atoms with Crippen LogP contribution in [0.3, 0.4) is 0 Å². The van der Waals surface area contributed by atoms with Gasteiger partial charge >= 0.3 is 11.9 Å². The van der Waals surface area contributed by atoms with Crippen LogP contribution in [-0.4, -0.2) is 23.5 Å². The summed E-state index contributed by atoms with van der Waals surface area (Å²) >= 11 is 0. The Morgan fingerprint density at radius 3 is 2.00 bits per heavy atom.